The van der Waals surface area contributed by atoms with E-state index in [9.17, 15) is 19.8 Å². The van der Waals surface area contributed by atoms with Crippen LogP contribution in [0.3, 0.4) is 0 Å². The van der Waals surface area contributed by atoms with Gasteiger partial charge in [0.1, 0.15) is 11.9 Å². The molecule has 1 aromatic rings. The molecular formula is C29H43NO6S. The minimum atomic E-state index is -1.13. The van der Waals surface area contributed by atoms with Crippen molar-refractivity contribution in [3.05, 3.63) is 21.7 Å². The predicted molar refractivity (Wildman–Crippen MR) is 143 cm³/mol. The number of esters is 1. The summed E-state index contributed by atoms with van der Waals surface area (Å²) in [7, 11) is 0. The van der Waals surface area contributed by atoms with Gasteiger partial charge in [-0.1, -0.05) is 26.7 Å². The number of aliphatic hydroxyl groups is 2. The van der Waals surface area contributed by atoms with Gasteiger partial charge in [-0.2, -0.15) is 0 Å². The van der Waals surface area contributed by atoms with Crippen LogP contribution in [0.15, 0.2) is 11.0 Å². The summed E-state index contributed by atoms with van der Waals surface area (Å²) in [5.41, 5.74) is 0.442. The molecule has 1 saturated carbocycles. The fourth-order valence-electron chi connectivity index (χ4n) is 6.26. The lowest BCUT2D eigenvalue weighted by Gasteiger charge is -2.46. The summed E-state index contributed by atoms with van der Waals surface area (Å²) in [6, 6.07) is 0. The van der Waals surface area contributed by atoms with E-state index in [-0.39, 0.29) is 29.8 Å². The van der Waals surface area contributed by atoms with E-state index >= 15 is 0 Å². The Morgan fingerprint density at radius 2 is 1.97 bits per heavy atom. The first kappa shape index (κ1) is 28.4. The van der Waals surface area contributed by atoms with Crippen LogP contribution in [0, 0.1) is 24.2 Å². The number of hydrogen-bond acceptors (Lipinski definition) is 8. The molecule has 0 amide bonds. The standard InChI is InChI=1S/C29H43NO6S/c1-6-21-26(33)17(2)9-7-10-28(5)24(36-28)14-22(18(3)13-20-16-37-19(4)30-20)35-25(32)15-23(31)29(27(21)34)11-8-12-29/h13,16-17,21-24,26,31,33H,6-12,14-15H2,1-5H3/t17-,21+,22-,23-,24-,26-,28+/m0/s1. The summed E-state index contributed by atoms with van der Waals surface area (Å²) in [4.78, 5) is 31.4. The highest BCUT2D eigenvalue weighted by Gasteiger charge is 2.55. The van der Waals surface area contributed by atoms with Crippen molar-refractivity contribution in [1.29, 1.82) is 0 Å². The van der Waals surface area contributed by atoms with E-state index in [0.29, 0.717) is 25.7 Å². The number of ketones is 1. The molecule has 3 aliphatic rings. The Morgan fingerprint density at radius 1 is 1.24 bits per heavy atom. The topological polar surface area (TPSA) is 109 Å². The van der Waals surface area contributed by atoms with Crippen LogP contribution in [0.25, 0.3) is 6.08 Å². The number of carbonyl (C=O) groups is 2. The van der Waals surface area contributed by atoms with Gasteiger partial charge in [-0.3, -0.25) is 9.59 Å². The van der Waals surface area contributed by atoms with Crippen molar-refractivity contribution in [3.8, 4) is 0 Å². The summed E-state index contributed by atoms with van der Waals surface area (Å²) in [6.07, 6.45) is 4.74. The normalized spacial score (nSPS) is 37.5. The molecule has 3 fully saturated rings. The zero-order valence-corrected chi connectivity index (χ0v) is 23.7. The summed E-state index contributed by atoms with van der Waals surface area (Å²) >= 11 is 1.57. The number of Topliss-reactive ketones (excluding diaryl/α,β-unsaturated/α-hetero) is 1. The minimum absolute atomic E-state index is 0.0354. The largest absolute Gasteiger partial charge is 0.458 e. The van der Waals surface area contributed by atoms with Crippen molar-refractivity contribution in [3.63, 3.8) is 0 Å². The average molecular weight is 534 g/mol. The van der Waals surface area contributed by atoms with Gasteiger partial charge in [-0.25, -0.2) is 4.98 Å². The van der Waals surface area contributed by atoms with Crippen LogP contribution in [-0.4, -0.2) is 57.0 Å². The molecule has 0 bridgehead atoms. The lowest BCUT2D eigenvalue weighted by molar-refractivity contribution is -0.162. The number of ether oxygens (including phenoxy) is 2. The SMILES string of the molecule is CC[C@H]1C(=O)C2(CCC2)[C@@H](O)CC(=O)O[C@H](C(C)=Cc2csc(C)n2)C[C@@H]2O[C@]2(C)CCC[C@H](C)[C@@H]1O. The number of epoxide rings is 1. The predicted octanol–water partition coefficient (Wildman–Crippen LogP) is 5.01. The summed E-state index contributed by atoms with van der Waals surface area (Å²) in [6.45, 7) is 9.90. The molecule has 0 aromatic carbocycles. The van der Waals surface area contributed by atoms with Gasteiger partial charge in [0.15, 0.2) is 0 Å². The summed E-state index contributed by atoms with van der Waals surface area (Å²) in [5, 5.41) is 25.3. The first-order valence-corrected chi connectivity index (χ1v) is 14.7. The van der Waals surface area contributed by atoms with Gasteiger partial charge in [-0.05, 0) is 70.4 Å². The molecule has 7 nitrogen and oxygen atoms in total. The van der Waals surface area contributed by atoms with Crippen molar-refractivity contribution in [2.75, 3.05) is 0 Å². The highest BCUT2D eigenvalue weighted by Crippen LogP contribution is 2.49. The second kappa shape index (κ2) is 11.2. The maximum absolute atomic E-state index is 13.7. The molecule has 2 aliphatic heterocycles. The van der Waals surface area contributed by atoms with E-state index in [0.717, 1.165) is 42.0 Å². The third kappa shape index (κ3) is 6.02. The number of thiazole rings is 1. The molecule has 1 aromatic heterocycles. The molecule has 0 radical (unpaired) electrons. The van der Waals surface area contributed by atoms with Gasteiger partial charge in [0.05, 0.1) is 46.5 Å². The molecule has 2 N–H and O–H groups in total. The first-order valence-electron chi connectivity index (χ1n) is 13.9. The monoisotopic (exact) mass is 533 g/mol. The quantitative estimate of drug-likeness (QED) is 0.415. The second-order valence-electron chi connectivity index (χ2n) is 11.8. The molecule has 0 unspecified atom stereocenters. The van der Waals surface area contributed by atoms with Crippen molar-refractivity contribution >= 4 is 29.2 Å². The third-order valence-corrected chi connectivity index (χ3v) is 9.89. The van der Waals surface area contributed by atoms with Crippen LogP contribution < -0.4 is 0 Å². The molecule has 8 heteroatoms. The Hall–Kier alpha value is -1.61. The van der Waals surface area contributed by atoms with Crippen molar-refractivity contribution in [1.82, 2.24) is 4.98 Å². The third-order valence-electron chi connectivity index (χ3n) is 9.10. The number of aliphatic hydroxyl groups excluding tert-OH is 2. The van der Waals surface area contributed by atoms with Gasteiger partial charge in [0.25, 0.3) is 0 Å². The van der Waals surface area contributed by atoms with E-state index in [1.165, 1.54) is 0 Å². The highest BCUT2D eigenvalue weighted by molar-refractivity contribution is 7.09. The Bertz CT molecular complexity index is 1020. The maximum Gasteiger partial charge on any atom is 0.309 e. The van der Waals surface area contributed by atoms with Crippen LogP contribution in [0.2, 0.25) is 0 Å². The molecule has 3 heterocycles. The molecule has 7 atom stereocenters. The van der Waals surface area contributed by atoms with Gasteiger partial charge in [0, 0.05) is 17.7 Å². The van der Waals surface area contributed by atoms with Crippen LogP contribution in [0.5, 0.6) is 0 Å². The van der Waals surface area contributed by atoms with E-state index in [2.05, 4.69) is 11.9 Å². The van der Waals surface area contributed by atoms with Crippen LogP contribution >= 0.6 is 11.3 Å². The average Bonchev–Trinajstić information content (AvgIpc) is 3.24. The Labute approximate surface area is 224 Å². The highest BCUT2D eigenvalue weighted by atomic mass is 32.1. The number of nitrogens with zero attached hydrogens (tertiary/aromatic N) is 1. The summed E-state index contributed by atoms with van der Waals surface area (Å²) in [5.74, 6) is -1.21. The molecule has 1 aliphatic carbocycles. The maximum atomic E-state index is 13.7. The molecule has 4 rings (SSSR count). The van der Waals surface area contributed by atoms with Gasteiger partial charge in [0.2, 0.25) is 0 Å². The van der Waals surface area contributed by atoms with E-state index < -0.39 is 35.6 Å². The lowest BCUT2D eigenvalue weighted by atomic mass is 9.58. The second-order valence-corrected chi connectivity index (χ2v) is 12.8. The zero-order chi connectivity index (χ0) is 27.0. The smallest absolute Gasteiger partial charge is 0.309 e. The first-order chi connectivity index (χ1) is 17.5. The number of aryl methyl sites for hydroxylation is 1. The molecular weight excluding hydrogens is 490 g/mol. The van der Waals surface area contributed by atoms with E-state index in [4.69, 9.17) is 9.47 Å². The fraction of sp³-hybridized carbons (Fsp3) is 0.759. The van der Waals surface area contributed by atoms with Gasteiger partial charge in [-0.15, -0.1) is 11.3 Å². The number of fused-ring (bicyclic) bond motifs is 1. The molecule has 2 saturated heterocycles. The minimum Gasteiger partial charge on any atom is -0.458 e. The van der Waals surface area contributed by atoms with E-state index in [1.807, 2.05) is 39.2 Å². The number of hydrogen-bond donors (Lipinski definition) is 2. The van der Waals surface area contributed by atoms with Crippen LogP contribution in [0.4, 0.5) is 0 Å². The number of aromatic nitrogens is 1. The zero-order valence-electron chi connectivity index (χ0n) is 22.9. The van der Waals surface area contributed by atoms with Gasteiger partial charge >= 0.3 is 5.97 Å². The molecule has 37 heavy (non-hydrogen) atoms. The van der Waals surface area contributed by atoms with E-state index in [1.54, 1.807) is 11.3 Å². The lowest BCUT2D eigenvalue weighted by Crippen LogP contribution is -2.53. The van der Waals surface area contributed by atoms with Crippen molar-refractivity contribution in [2.24, 2.45) is 17.3 Å². The van der Waals surface area contributed by atoms with Crippen molar-refractivity contribution in [2.45, 2.75) is 122 Å². The number of cyclic esters (lactones) is 1. The molecule has 206 valence electrons. The van der Waals surface area contributed by atoms with Crippen LogP contribution in [0.1, 0.15) is 96.2 Å². The molecule has 1 spiro atoms. The Kier molecular flexibility index (Phi) is 8.63. The van der Waals surface area contributed by atoms with Crippen LogP contribution in [-0.2, 0) is 19.1 Å². The Morgan fingerprint density at radius 3 is 2.57 bits per heavy atom. The number of carbonyl (C=O) groups excluding carboxylic acids is 2. The Balaban J connectivity index is 1.59. The van der Waals surface area contributed by atoms with Gasteiger partial charge < -0.3 is 19.7 Å². The number of rotatable bonds is 3. The summed E-state index contributed by atoms with van der Waals surface area (Å²) < 4.78 is 12.1. The fourth-order valence-corrected chi connectivity index (χ4v) is 6.83. The van der Waals surface area contributed by atoms with Crippen molar-refractivity contribution < 1.29 is 29.3 Å².